The lowest BCUT2D eigenvalue weighted by Gasteiger charge is -2.35. The molecule has 2 atom stereocenters. The second-order valence-corrected chi connectivity index (χ2v) is 5.25. The molecule has 0 radical (unpaired) electrons. The zero-order chi connectivity index (χ0) is 14.5. The first-order valence-corrected chi connectivity index (χ1v) is 7.15. The minimum Gasteiger partial charge on any atom is -0.493 e. The van der Waals surface area contributed by atoms with Gasteiger partial charge < -0.3 is 14.6 Å². The van der Waals surface area contributed by atoms with Gasteiger partial charge in [-0.25, -0.2) is 0 Å². The van der Waals surface area contributed by atoms with Gasteiger partial charge in [0.1, 0.15) is 5.69 Å². The van der Waals surface area contributed by atoms with Crippen molar-refractivity contribution in [3.05, 3.63) is 18.0 Å². The molecule has 0 saturated carbocycles. The van der Waals surface area contributed by atoms with E-state index in [-0.39, 0.29) is 6.10 Å². The number of methoxy groups -OCH3 is 2. The molecule has 1 fully saturated rings. The van der Waals surface area contributed by atoms with Crippen LogP contribution in [-0.2, 0) is 6.54 Å². The normalized spacial score (nSPS) is 23.6. The first-order chi connectivity index (χ1) is 9.69. The molecule has 1 aliphatic heterocycles. The van der Waals surface area contributed by atoms with Crippen molar-refractivity contribution in [1.82, 2.24) is 9.88 Å². The quantitative estimate of drug-likeness (QED) is 0.889. The lowest BCUT2D eigenvalue weighted by molar-refractivity contribution is 0.0215. The van der Waals surface area contributed by atoms with E-state index in [4.69, 9.17) is 9.47 Å². The van der Waals surface area contributed by atoms with Gasteiger partial charge >= 0.3 is 0 Å². The molecule has 5 nitrogen and oxygen atoms in total. The third-order valence-electron chi connectivity index (χ3n) is 4.04. The molecule has 2 heterocycles. The number of piperidine rings is 1. The summed E-state index contributed by atoms with van der Waals surface area (Å²) in [4.78, 5) is 6.74. The van der Waals surface area contributed by atoms with Crippen LogP contribution in [0.2, 0.25) is 0 Å². The van der Waals surface area contributed by atoms with Gasteiger partial charge in [0.25, 0.3) is 0 Å². The molecule has 0 aliphatic carbocycles. The topological polar surface area (TPSA) is 54.8 Å². The fourth-order valence-corrected chi connectivity index (χ4v) is 2.81. The number of aromatic nitrogens is 1. The fraction of sp³-hybridized carbons (Fsp3) is 0.667. The number of hydrogen-bond donors (Lipinski definition) is 1. The van der Waals surface area contributed by atoms with Crippen molar-refractivity contribution in [2.75, 3.05) is 27.3 Å². The van der Waals surface area contributed by atoms with Crippen molar-refractivity contribution in [2.45, 2.75) is 32.4 Å². The van der Waals surface area contributed by atoms with Gasteiger partial charge in [-0.1, -0.05) is 6.92 Å². The van der Waals surface area contributed by atoms with E-state index in [0.717, 1.165) is 38.2 Å². The molecule has 0 aromatic carbocycles. The maximum atomic E-state index is 9.95. The molecule has 1 N–H and O–H groups in total. The smallest absolute Gasteiger partial charge is 0.183 e. The van der Waals surface area contributed by atoms with Crippen LogP contribution in [-0.4, -0.2) is 48.4 Å². The second kappa shape index (κ2) is 6.90. The Balaban J connectivity index is 2.10. The van der Waals surface area contributed by atoms with E-state index < -0.39 is 0 Å². The van der Waals surface area contributed by atoms with Gasteiger partial charge in [0.15, 0.2) is 11.5 Å². The van der Waals surface area contributed by atoms with Gasteiger partial charge in [-0.05, 0) is 18.8 Å². The number of rotatable bonds is 5. The molecule has 1 aliphatic rings. The predicted octanol–water partition coefficient (Wildman–Crippen LogP) is 1.69. The summed E-state index contributed by atoms with van der Waals surface area (Å²) in [5.41, 5.74) is 0.887. The van der Waals surface area contributed by atoms with E-state index in [2.05, 4.69) is 16.8 Å². The van der Waals surface area contributed by atoms with E-state index in [1.165, 1.54) is 0 Å². The Labute approximate surface area is 120 Å². The number of likely N-dealkylation sites (tertiary alicyclic amines) is 1. The van der Waals surface area contributed by atoms with Crippen LogP contribution < -0.4 is 9.47 Å². The van der Waals surface area contributed by atoms with Crippen molar-refractivity contribution in [1.29, 1.82) is 0 Å². The predicted molar refractivity (Wildman–Crippen MR) is 77.0 cm³/mol. The Morgan fingerprint density at radius 1 is 1.40 bits per heavy atom. The van der Waals surface area contributed by atoms with E-state index in [1.54, 1.807) is 26.5 Å². The highest BCUT2D eigenvalue weighted by molar-refractivity contribution is 5.42. The molecule has 1 aromatic rings. The Kier molecular flexibility index (Phi) is 5.20. The van der Waals surface area contributed by atoms with Crippen LogP contribution in [0.5, 0.6) is 11.5 Å². The molecule has 112 valence electrons. The molecule has 2 rings (SSSR count). The monoisotopic (exact) mass is 280 g/mol. The van der Waals surface area contributed by atoms with Crippen molar-refractivity contribution < 1.29 is 14.6 Å². The molecule has 0 bridgehead atoms. The van der Waals surface area contributed by atoms with E-state index in [0.29, 0.717) is 17.4 Å². The second-order valence-electron chi connectivity index (χ2n) is 5.25. The van der Waals surface area contributed by atoms with E-state index >= 15 is 0 Å². The average Bonchev–Trinajstić information content (AvgIpc) is 2.48. The molecular formula is C15H24N2O3. The van der Waals surface area contributed by atoms with Gasteiger partial charge in [-0.2, -0.15) is 0 Å². The summed E-state index contributed by atoms with van der Waals surface area (Å²) in [5, 5.41) is 9.95. The lowest BCUT2D eigenvalue weighted by atomic mass is 9.92. The highest BCUT2D eigenvalue weighted by Crippen LogP contribution is 2.31. The Bertz CT molecular complexity index is 439. The summed E-state index contributed by atoms with van der Waals surface area (Å²) in [6, 6.07) is 1.80. The minimum absolute atomic E-state index is 0.170. The van der Waals surface area contributed by atoms with Gasteiger partial charge in [-0.3, -0.25) is 9.88 Å². The van der Waals surface area contributed by atoms with Crippen LogP contribution in [0.4, 0.5) is 0 Å². The van der Waals surface area contributed by atoms with Gasteiger partial charge in [0.2, 0.25) is 0 Å². The summed E-state index contributed by atoms with van der Waals surface area (Å²) < 4.78 is 10.7. The summed E-state index contributed by atoms with van der Waals surface area (Å²) in [6.45, 7) is 4.64. The molecule has 1 aromatic heterocycles. The number of aliphatic hydroxyl groups excluding tert-OH is 1. The van der Waals surface area contributed by atoms with Crippen LogP contribution >= 0.6 is 0 Å². The van der Waals surface area contributed by atoms with Crippen LogP contribution in [0.15, 0.2) is 12.3 Å². The number of ether oxygens (including phenoxy) is 2. The SMILES string of the molecule is CCC1CN(Cc2nccc(OC)c2OC)CCC1O. The molecule has 5 heteroatoms. The molecule has 20 heavy (non-hydrogen) atoms. The Morgan fingerprint density at radius 2 is 2.20 bits per heavy atom. The van der Waals surface area contributed by atoms with Crippen LogP contribution in [0.3, 0.4) is 0 Å². The molecule has 0 amide bonds. The number of pyridine rings is 1. The van der Waals surface area contributed by atoms with Crippen LogP contribution in [0.1, 0.15) is 25.5 Å². The average molecular weight is 280 g/mol. The highest BCUT2D eigenvalue weighted by Gasteiger charge is 2.27. The minimum atomic E-state index is -0.170. The first kappa shape index (κ1) is 15.1. The Morgan fingerprint density at radius 3 is 2.85 bits per heavy atom. The van der Waals surface area contributed by atoms with Gasteiger partial charge in [-0.15, -0.1) is 0 Å². The standard InChI is InChI=1S/C15H24N2O3/c1-4-11-9-17(8-6-13(11)18)10-12-15(20-3)14(19-2)5-7-16-12/h5,7,11,13,18H,4,6,8-10H2,1-3H3. The summed E-state index contributed by atoms with van der Waals surface area (Å²) in [6.07, 6.45) is 3.40. The third kappa shape index (κ3) is 3.22. The maximum Gasteiger partial charge on any atom is 0.183 e. The van der Waals surface area contributed by atoms with Gasteiger partial charge in [0, 0.05) is 31.9 Å². The first-order valence-electron chi connectivity index (χ1n) is 7.15. The zero-order valence-corrected chi connectivity index (χ0v) is 12.5. The lowest BCUT2D eigenvalue weighted by Crippen LogP contribution is -2.42. The molecule has 1 saturated heterocycles. The maximum absolute atomic E-state index is 9.95. The third-order valence-corrected chi connectivity index (χ3v) is 4.04. The van der Waals surface area contributed by atoms with E-state index in [9.17, 15) is 5.11 Å². The summed E-state index contributed by atoms with van der Waals surface area (Å²) in [7, 11) is 3.27. The number of aliphatic hydroxyl groups is 1. The van der Waals surface area contributed by atoms with Crippen LogP contribution in [0, 0.1) is 5.92 Å². The van der Waals surface area contributed by atoms with Crippen molar-refractivity contribution >= 4 is 0 Å². The van der Waals surface area contributed by atoms with Crippen LogP contribution in [0.25, 0.3) is 0 Å². The van der Waals surface area contributed by atoms with Crippen molar-refractivity contribution in [3.8, 4) is 11.5 Å². The summed E-state index contributed by atoms with van der Waals surface area (Å²) >= 11 is 0. The number of hydrogen-bond acceptors (Lipinski definition) is 5. The molecule has 2 unspecified atom stereocenters. The highest BCUT2D eigenvalue weighted by atomic mass is 16.5. The molecule has 0 spiro atoms. The van der Waals surface area contributed by atoms with Crippen molar-refractivity contribution in [3.63, 3.8) is 0 Å². The largest absolute Gasteiger partial charge is 0.493 e. The molecular weight excluding hydrogens is 256 g/mol. The number of nitrogens with zero attached hydrogens (tertiary/aromatic N) is 2. The summed E-state index contributed by atoms with van der Waals surface area (Å²) in [5.74, 6) is 1.76. The van der Waals surface area contributed by atoms with Crippen molar-refractivity contribution in [2.24, 2.45) is 5.92 Å². The zero-order valence-electron chi connectivity index (χ0n) is 12.5. The van der Waals surface area contributed by atoms with Gasteiger partial charge in [0.05, 0.1) is 20.3 Å². The Hall–Kier alpha value is -1.33. The fourth-order valence-electron chi connectivity index (χ4n) is 2.81. The van der Waals surface area contributed by atoms with E-state index in [1.807, 2.05) is 0 Å².